The second kappa shape index (κ2) is 4.99. The van der Waals surface area contributed by atoms with Gasteiger partial charge in [0.25, 0.3) is 5.91 Å². The molecule has 3 nitrogen and oxygen atoms in total. The fourth-order valence-electron chi connectivity index (χ4n) is 1.45. The molecule has 1 aromatic rings. The summed E-state index contributed by atoms with van der Waals surface area (Å²) in [5.41, 5.74) is 0.671. The molecule has 15 heavy (non-hydrogen) atoms. The number of pyridine rings is 1. The Labute approximate surface area is 101 Å². The summed E-state index contributed by atoms with van der Waals surface area (Å²) >= 11 is 5.15. The highest BCUT2D eigenvalue weighted by Crippen LogP contribution is 2.13. The van der Waals surface area contributed by atoms with E-state index < -0.39 is 0 Å². The van der Waals surface area contributed by atoms with Crippen molar-refractivity contribution in [3.63, 3.8) is 0 Å². The molecule has 1 aliphatic heterocycles. The van der Waals surface area contributed by atoms with Crippen LogP contribution in [0, 0.1) is 0 Å². The minimum Gasteiger partial charge on any atom is -0.337 e. The van der Waals surface area contributed by atoms with Crippen molar-refractivity contribution in [2.45, 2.75) is 0 Å². The van der Waals surface area contributed by atoms with Gasteiger partial charge < -0.3 is 4.90 Å². The van der Waals surface area contributed by atoms with Crippen LogP contribution < -0.4 is 0 Å². The third kappa shape index (κ3) is 2.72. The van der Waals surface area contributed by atoms with Crippen LogP contribution in [0.2, 0.25) is 0 Å². The molecule has 1 amide bonds. The molecule has 0 spiro atoms. The van der Waals surface area contributed by atoms with Gasteiger partial charge in [0.2, 0.25) is 0 Å². The molecule has 1 fully saturated rings. The Morgan fingerprint density at radius 3 is 2.73 bits per heavy atom. The molecule has 0 saturated carbocycles. The van der Waals surface area contributed by atoms with Gasteiger partial charge in [-0.15, -0.1) is 0 Å². The highest BCUT2D eigenvalue weighted by molar-refractivity contribution is 9.10. The minimum atomic E-state index is 0.0929. The van der Waals surface area contributed by atoms with Crippen LogP contribution in [-0.4, -0.2) is 40.4 Å². The number of carbonyl (C=O) groups excluding carboxylic acids is 1. The van der Waals surface area contributed by atoms with E-state index in [4.69, 9.17) is 0 Å². The number of hydrogen-bond donors (Lipinski definition) is 0. The maximum atomic E-state index is 12.0. The smallest absolute Gasteiger partial charge is 0.255 e. The summed E-state index contributed by atoms with van der Waals surface area (Å²) in [6, 6.07) is 3.60. The Morgan fingerprint density at radius 1 is 1.40 bits per heavy atom. The molecule has 0 bridgehead atoms. The van der Waals surface area contributed by atoms with E-state index in [9.17, 15) is 4.79 Å². The Balaban J connectivity index is 2.09. The van der Waals surface area contributed by atoms with Crippen LogP contribution in [0.3, 0.4) is 0 Å². The number of carbonyl (C=O) groups is 1. The molecule has 0 N–H and O–H groups in total. The van der Waals surface area contributed by atoms with Crippen LogP contribution in [0.4, 0.5) is 0 Å². The summed E-state index contributed by atoms with van der Waals surface area (Å²) < 4.78 is 0.758. The van der Waals surface area contributed by atoms with Crippen LogP contribution >= 0.6 is 27.7 Å². The minimum absolute atomic E-state index is 0.0929. The number of halogens is 1. The van der Waals surface area contributed by atoms with Crippen molar-refractivity contribution >= 4 is 33.6 Å². The number of aromatic nitrogens is 1. The first kappa shape index (κ1) is 11.0. The monoisotopic (exact) mass is 286 g/mol. The molecule has 1 saturated heterocycles. The molecule has 2 heterocycles. The van der Waals surface area contributed by atoms with Gasteiger partial charge in [-0.3, -0.25) is 4.79 Å². The SMILES string of the molecule is O=C(c1ccc(Br)nc1)N1CCSCC1. The van der Waals surface area contributed by atoms with Gasteiger partial charge in [0.1, 0.15) is 4.60 Å². The highest BCUT2D eigenvalue weighted by Gasteiger charge is 2.18. The van der Waals surface area contributed by atoms with E-state index in [2.05, 4.69) is 20.9 Å². The molecule has 1 aliphatic rings. The fourth-order valence-corrected chi connectivity index (χ4v) is 2.59. The molecule has 0 atom stereocenters. The first-order valence-electron chi connectivity index (χ1n) is 4.76. The third-order valence-electron chi connectivity index (χ3n) is 2.27. The largest absolute Gasteiger partial charge is 0.337 e. The van der Waals surface area contributed by atoms with E-state index in [-0.39, 0.29) is 5.91 Å². The normalized spacial score (nSPS) is 16.5. The van der Waals surface area contributed by atoms with Gasteiger partial charge in [-0.05, 0) is 28.1 Å². The first-order chi connectivity index (χ1) is 7.27. The lowest BCUT2D eigenvalue weighted by Crippen LogP contribution is -2.37. The van der Waals surface area contributed by atoms with Crippen molar-refractivity contribution in [2.75, 3.05) is 24.6 Å². The van der Waals surface area contributed by atoms with Gasteiger partial charge in [0.05, 0.1) is 5.56 Å². The molecule has 2 rings (SSSR count). The molecule has 80 valence electrons. The van der Waals surface area contributed by atoms with Gasteiger partial charge >= 0.3 is 0 Å². The van der Waals surface area contributed by atoms with E-state index in [1.165, 1.54) is 0 Å². The van der Waals surface area contributed by atoms with Crippen LogP contribution in [0.1, 0.15) is 10.4 Å². The molecule has 1 aromatic heterocycles. The van der Waals surface area contributed by atoms with E-state index in [1.54, 1.807) is 18.3 Å². The van der Waals surface area contributed by atoms with Gasteiger partial charge in [-0.2, -0.15) is 11.8 Å². The standard InChI is InChI=1S/C10H11BrN2OS/c11-9-2-1-8(7-12-9)10(14)13-3-5-15-6-4-13/h1-2,7H,3-6H2. The molecule has 0 radical (unpaired) electrons. The summed E-state index contributed by atoms with van der Waals surface area (Å²) in [7, 11) is 0. The van der Waals surface area contributed by atoms with E-state index in [0.717, 1.165) is 29.2 Å². The summed E-state index contributed by atoms with van der Waals surface area (Å²) in [6.45, 7) is 1.69. The molecular formula is C10H11BrN2OS. The van der Waals surface area contributed by atoms with Crippen molar-refractivity contribution in [3.05, 3.63) is 28.5 Å². The summed E-state index contributed by atoms with van der Waals surface area (Å²) in [6.07, 6.45) is 1.62. The van der Waals surface area contributed by atoms with Crippen molar-refractivity contribution in [3.8, 4) is 0 Å². The van der Waals surface area contributed by atoms with Crippen molar-refractivity contribution in [1.82, 2.24) is 9.88 Å². The first-order valence-corrected chi connectivity index (χ1v) is 6.71. The summed E-state index contributed by atoms with van der Waals surface area (Å²) in [4.78, 5) is 17.9. The lowest BCUT2D eigenvalue weighted by Gasteiger charge is -2.26. The molecule has 5 heteroatoms. The summed E-state index contributed by atoms with van der Waals surface area (Å²) in [5, 5.41) is 0. The van der Waals surface area contributed by atoms with E-state index >= 15 is 0 Å². The zero-order chi connectivity index (χ0) is 10.7. The Morgan fingerprint density at radius 2 is 2.13 bits per heavy atom. The zero-order valence-electron chi connectivity index (χ0n) is 8.15. The number of rotatable bonds is 1. The third-order valence-corrected chi connectivity index (χ3v) is 3.68. The zero-order valence-corrected chi connectivity index (χ0v) is 10.6. The predicted molar refractivity (Wildman–Crippen MR) is 65.2 cm³/mol. The average molecular weight is 287 g/mol. The maximum absolute atomic E-state index is 12.0. The Kier molecular flexibility index (Phi) is 3.64. The van der Waals surface area contributed by atoms with Crippen molar-refractivity contribution < 1.29 is 4.79 Å². The number of amides is 1. The maximum Gasteiger partial charge on any atom is 0.255 e. The van der Waals surface area contributed by atoms with Crippen LogP contribution in [0.5, 0.6) is 0 Å². The van der Waals surface area contributed by atoms with Crippen LogP contribution in [0.15, 0.2) is 22.9 Å². The second-order valence-electron chi connectivity index (χ2n) is 3.27. The van der Waals surface area contributed by atoms with E-state index in [0.29, 0.717) is 5.56 Å². The molecule has 0 aromatic carbocycles. The summed E-state index contributed by atoms with van der Waals surface area (Å²) in [5.74, 6) is 2.17. The lowest BCUT2D eigenvalue weighted by molar-refractivity contribution is 0.0772. The quantitative estimate of drug-likeness (QED) is 0.741. The Bertz CT molecular complexity index is 349. The van der Waals surface area contributed by atoms with Gasteiger partial charge in [0.15, 0.2) is 0 Å². The average Bonchev–Trinajstić information content (AvgIpc) is 2.30. The predicted octanol–water partition coefficient (Wildman–Crippen LogP) is 2.03. The molecular weight excluding hydrogens is 276 g/mol. The molecule has 0 unspecified atom stereocenters. The van der Waals surface area contributed by atoms with Gasteiger partial charge in [0, 0.05) is 30.8 Å². The van der Waals surface area contributed by atoms with Crippen LogP contribution in [-0.2, 0) is 0 Å². The highest BCUT2D eigenvalue weighted by atomic mass is 79.9. The van der Waals surface area contributed by atoms with Gasteiger partial charge in [-0.1, -0.05) is 0 Å². The topological polar surface area (TPSA) is 33.2 Å². The van der Waals surface area contributed by atoms with Crippen LogP contribution in [0.25, 0.3) is 0 Å². The molecule has 0 aliphatic carbocycles. The fraction of sp³-hybridized carbons (Fsp3) is 0.400. The van der Waals surface area contributed by atoms with Gasteiger partial charge in [-0.25, -0.2) is 4.98 Å². The second-order valence-corrected chi connectivity index (χ2v) is 5.31. The Hall–Kier alpha value is -0.550. The van der Waals surface area contributed by atoms with Crippen molar-refractivity contribution in [2.24, 2.45) is 0 Å². The van der Waals surface area contributed by atoms with E-state index in [1.807, 2.05) is 16.7 Å². The number of nitrogens with zero attached hydrogens (tertiary/aromatic N) is 2. The number of thioether (sulfide) groups is 1. The lowest BCUT2D eigenvalue weighted by atomic mass is 10.2. The number of hydrogen-bond acceptors (Lipinski definition) is 3. The van der Waals surface area contributed by atoms with Crippen molar-refractivity contribution in [1.29, 1.82) is 0 Å².